The van der Waals surface area contributed by atoms with Gasteiger partial charge in [-0.25, -0.2) is 0 Å². The van der Waals surface area contributed by atoms with E-state index in [2.05, 4.69) is 51.1 Å². The molecule has 0 aromatic heterocycles. The van der Waals surface area contributed by atoms with Crippen molar-refractivity contribution in [1.82, 2.24) is 0 Å². The first-order valence-corrected chi connectivity index (χ1v) is 6.81. The Morgan fingerprint density at radius 2 is 1.78 bits per heavy atom. The summed E-state index contributed by atoms with van der Waals surface area (Å²) in [6.07, 6.45) is 5.33. The molecule has 2 N–H and O–H groups in total. The van der Waals surface area contributed by atoms with Crippen LogP contribution in [-0.4, -0.2) is 0 Å². The molecule has 0 saturated carbocycles. The summed E-state index contributed by atoms with van der Waals surface area (Å²) in [5.41, 5.74) is 12.9. The smallest absolute Gasteiger partial charge is 0.00872 e. The Labute approximate surface area is 110 Å². The second kappa shape index (κ2) is 5.43. The Bertz CT molecular complexity index is 494. The van der Waals surface area contributed by atoms with Gasteiger partial charge in [-0.05, 0) is 37.8 Å². The fourth-order valence-corrected chi connectivity index (χ4v) is 2.70. The lowest BCUT2D eigenvalue weighted by Crippen LogP contribution is -2.03. The summed E-state index contributed by atoms with van der Waals surface area (Å²) in [5.74, 6) is 0.458. The van der Waals surface area contributed by atoms with Gasteiger partial charge in [0.2, 0.25) is 0 Å². The highest BCUT2D eigenvalue weighted by molar-refractivity contribution is 5.38. The van der Waals surface area contributed by atoms with Crippen molar-refractivity contribution in [2.45, 2.75) is 46.0 Å². The Hall–Kier alpha value is -1.50. The van der Waals surface area contributed by atoms with Crippen LogP contribution >= 0.6 is 0 Å². The normalized spacial score (nSPS) is 27.5. The lowest BCUT2D eigenvalue weighted by Gasteiger charge is -2.16. The first-order chi connectivity index (χ1) is 8.61. The number of allylic oxidation sites excluding steroid dienone is 3. The third kappa shape index (κ3) is 2.66. The predicted molar refractivity (Wildman–Crippen MR) is 78.4 cm³/mol. The second-order valence-corrected chi connectivity index (χ2v) is 5.37. The van der Waals surface area contributed by atoms with E-state index in [1.807, 2.05) is 0 Å². The highest BCUT2D eigenvalue weighted by atomic mass is 14.6. The molecule has 18 heavy (non-hydrogen) atoms. The summed E-state index contributed by atoms with van der Waals surface area (Å²) in [4.78, 5) is 0. The van der Waals surface area contributed by atoms with Gasteiger partial charge in [0.25, 0.3) is 0 Å². The average Bonchev–Trinajstić information content (AvgIpc) is 2.39. The van der Waals surface area contributed by atoms with Crippen LogP contribution < -0.4 is 5.73 Å². The lowest BCUT2D eigenvalue weighted by atomic mass is 9.89. The van der Waals surface area contributed by atoms with Crippen LogP contribution in [0.25, 0.3) is 0 Å². The van der Waals surface area contributed by atoms with Crippen molar-refractivity contribution >= 4 is 0 Å². The summed E-state index contributed by atoms with van der Waals surface area (Å²) in [6.45, 7) is 6.66. The molecule has 1 unspecified atom stereocenters. The zero-order chi connectivity index (χ0) is 13.1. The van der Waals surface area contributed by atoms with Crippen molar-refractivity contribution in [2.75, 3.05) is 0 Å². The summed E-state index contributed by atoms with van der Waals surface area (Å²) >= 11 is 0. The molecule has 0 heterocycles. The minimum Gasteiger partial charge on any atom is -0.402 e. The van der Waals surface area contributed by atoms with Crippen molar-refractivity contribution in [3.63, 3.8) is 0 Å². The molecule has 1 atom stereocenters. The molecule has 1 aromatic carbocycles. The average molecular weight is 241 g/mol. The second-order valence-electron chi connectivity index (χ2n) is 5.37. The lowest BCUT2D eigenvalue weighted by molar-refractivity contribution is 0.785. The largest absolute Gasteiger partial charge is 0.402 e. The number of hydrogen-bond donors (Lipinski definition) is 1. The van der Waals surface area contributed by atoms with Gasteiger partial charge in [0.05, 0.1) is 0 Å². The Morgan fingerprint density at radius 3 is 2.50 bits per heavy atom. The van der Waals surface area contributed by atoms with E-state index in [1.54, 1.807) is 0 Å². The summed E-state index contributed by atoms with van der Waals surface area (Å²) in [5, 5.41) is 0. The van der Waals surface area contributed by atoms with Crippen LogP contribution in [0.3, 0.4) is 0 Å². The van der Waals surface area contributed by atoms with Gasteiger partial charge >= 0.3 is 0 Å². The van der Waals surface area contributed by atoms with Crippen LogP contribution in [0.5, 0.6) is 0 Å². The van der Waals surface area contributed by atoms with Crippen molar-refractivity contribution in [1.29, 1.82) is 0 Å². The van der Waals surface area contributed by atoms with E-state index >= 15 is 0 Å². The van der Waals surface area contributed by atoms with Gasteiger partial charge < -0.3 is 5.73 Å². The fourth-order valence-electron chi connectivity index (χ4n) is 2.70. The minimum atomic E-state index is 0.458. The molecule has 0 saturated heterocycles. The van der Waals surface area contributed by atoms with Gasteiger partial charge in [-0.15, -0.1) is 0 Å². The zero-order valence-electron chi connectivity index (χ0n) is 11.7. The summed E-state index contributed by atoms with van der Waals surface area (Å²) < 4.78 is 0. The molecule has 1 aliphatic rings. The number of fused-ring (bicyclic) bond motifs is 1. The van der Waals surface area contributed by atoms with Gasteiger partial charge in [0.15, 0.2) is 0 Å². The standard InChI is InChI=1S/C17H23N/c1-4-14-11-16(18)10-13(3)12(2)9-15-7-5-6-8-17(14)15/h5-8,11,14H,4,9-10,18H2,1-3H3/b13-12-,16-11+. The third-order valence-electron chi connectivity index (χ3n) is 3.96. The SMILES string of the molecule is CCC1/C=C(/N)C/C(C)=C(/C)Cc2ccccc21. The van der Waals surface area contributed by atoms with E-state index < -0.39 is 0 Å². The number of hydrogen-bond acceptors (Lipinski definition) is 1. The van der Waals surface area contributed by atoms with Gasteiger partial charge in [-0.1, -0.05) is 48.4 Å². The van der Waals surface area contributed by atoms with Crippen LogP contribution in [0.2, 0.25) is 0 Å². The molecule has 0 amide bonds. The van der Waals surface area contributed by atoms with E-state index in [1.165, 1.54) is 22.3 Å². The molecule has 1 heteroatoms. The van der Waals surface area contributed by atoms with E-state index in [-0.39, 0.29) is 0 Å². The quantitative estimate of drug-likeness (QED) is 0.729. The van der Waals surface area contributed by atoms with Crippen LogP contribution in [-0.2, 0) is 6.42 Å². The van der Waals surface area contributed by atoms with Gasteiger partial charge in [0, 0.05) is 18.0 Å². The maximum absolute atomic E-state index is 6.18. The molecule has 0 radical (unpaired) electrons. The number of rotatable bonds is 1. The highest BCUT2D eigenvalue weighted by Gasteiger charge is 2.14. The van der Waals surface area contributed by atoms with E-state index in [0.717, 1.165) is 25.0 Å². The molecular formula is C17H23N. The minimum absolute atomic E-state index is 0.458. The molecule has 0 spiro atoms. The molecule has 1 nitrogen and oxygen atoms in total. The van der Waals surface area contributed by atoms with Crippen molar-refractivity contribution < 1.29 is 0 Å². The van der Waals surface area contributed by atoms with Crippen LogP contribution in [0.15, 0.2) is 47.2 Å². The molecule has 0 fully saturated rings. The number of benzene rings is 1. The summed E-state index contributed by atoms with van der Waals surface area (Å²) in [6, 6.07) is 8.78. The highest BCUT2D eigenvalue weighted by Crippen LogP contribution is 2.30. The van der Waals surface area contributed by atoms with Crippen molar-refractivity contribution in [3.8, 4) is 0 Å². The third-order valence-corrected chi connectivity index (χ3v) is 3.96. The molecular weight excluding hydrogens is 218 g/mol. The number of nitrogens with two attached hydrogens (primary N) is 1. The fraction of sp³-hybridized carbons (Fsp3) is 0.412. The monoisotopic (exact) mass is 241 g/mol. The van der Waals surface area contributed by atoms with Crippen LogP contribution in [0.1, 0.15) is 50.7 Å². The van der Waals surface area contributed by atoms with E-state index in [4.69, 9.17) is 5.73 Å². The van der Waals surface area contributed by atoms with Crippen molar-refractivity contribution in [3.05, 3.63) is 58.3 Å². The van der Waals surface area contributed by atoms with Crippen LogP contribution in [0.4, 0.5) is 0 Å². The molecule has 1 aliphatic carbocycles. The Balaban J connectivity index is 2.54. The van der Waals surface area contributed by atoms with Gasteiger partial charge in [-0.3, -0.25) is 0 Å². The van der Waals surface area contributed by atoms with Crippen LogP contribution in [0, 0.1) is 0 Å². The molecule has 0 bridgehead atoms. The van der Waals surface area contributed by atoms with Crippen molar-refractivity contribution in [2.24, 2.45) is 5.73 Å². The zero-order valence-corrected chi connectivity index (χ0v) is 11.7. The Morgan fingerprint density at radius 1 is 1.11 bits per heavy atom. The summed E-state index contributed by atoms with van der Waals surface area (Å²) in [7, 11) is 0. The molecule has 96 valence electrons. The van der Waals surface area contributed by atoms with E-state index in [9.17, 15) is 0 Å². The first kappa shape index (κ1) is 12.9. The molecule has 1 aromatic rings. The van der Waals surface area contributed by atoms with E-state index in [0.29, 0.717) is 5.92 Å². The maximum Gasteiger partial charge on any atom is 0.00872 e. The van der Waals surface area contributed by atoms with Gasteiger partial charge in [-0.2, -0.15) is 0 Å². The first-order valence-electron chi connectivity index (χ1n) is 6.81. The molecule has 0 aliphatic heterocycles. The predicted octanol–water partition coefficient (Wildman–Crippen LogP) is 4.31. The Kier molecular flexibility index (Phi) is 3.90. The maximum atomic E-state index is 6.18. The van der Waals surface area contributed by atoms with Gasteiger partial charge in [0.1, 0.15) is 0 Å². The molecule has 2 rings (SSSR count). The topological polar surface area (TPSA) is 26.0 Å².